The van der Waals surface area contributed by atoms with Crippen LogP contribution in [0.2, 0.25) is 0 Å². The predicted molar refractivity (Wildman–Crippen MR) is 83.6 cm³/mol. The van der Waals surface area contributed by atoms with E-state index in [2.05, 4.69) is 10.5 Å². The number of nitrogens with one attached hydrogen (secondary N) is 1. The van der Waals surface area contributed by atoms with Crippen molar-refractivity contribution in [1.82, 2.24) is 5.43 Å². The van der Waals surface area contributed by atoms with Crippen LogP contribution in [-0.2, 0) is 0 Å². The maximum atomic E-state index is 12.0. The Kier molecular flexibility index (Phi) is 5.21. The molecule has 1 amide bonds. The molecule has 0 fully saturated rings. The largest absolute Gasteiger partial charge is 0.493 e. The van der Waals surface area contributed by atoms with E-state index in [0.29, 0.717) is 22.8 Å². The highest BCUT2D eigenvalue weighted by atomic mass is 32.1. The first-order chi connectivity index (χ1) is 10.6. The quantitative estimate of drug-likeness (QED) is 0.503. The predicted octanol–water partition coefficient (Wildman–Crippen LogP) is 2.82. The average Bonchev–Trinajstić information content (AvgIpc) is 2.97. The minimum absolute atomic E-state index is 0.0227. The normalized spacial score (nSPS) is 10.6. The van der Waals surface area contributed by atoms with Gasteiger partial charge in [-0.1, -0.05) is 23.5 Å². The summed E-state index contributed by atoms with van der Waals surface area (Å²) in [5, 5.41) is 14.4. The number of nitrogens with zero attached hydrogens (tertiary/aromatic N) is 2. The van der Waals surface area contributed by atoms with Crippen LogP contribution in [0.4, 0.5) is 5.00 Å². The number of hydrazone groups is 1. The van der Waals surface area contributed by atoms with Crippen LogP contribution in [0.3, 0.4) is 0 Å². The fourth-order valence-corrected chi connectivity index (χ4v) is 2.35. The Morgan fingerprint density at radius 1 is 1.41 bits per heavy atom. The van der Waals surface area contributed by atoms with Crippen LogP contribution in [0.25, 0.3) is 0 Å². The second kappa shape index (κ2) is 7.32. The minimum atomic E-state index is -0.473. The highest BCUT2D eigenvalue weighted by Crippen LogP contribution is 2.22. The molecule has 2 aromatic rings. The van der Waals surface area contributed by atoms with Gasteiger partial charge < -0.3 is 4.74 Å². The molecule has 7 nitrogen and oxygen atoms in total. The standard InChI is InChI=1S/C14H13N3O4S/c1-2-21-12-6-4-3-5-11(12)14(18)16-15-9-10-7-8-13(22-10)17(19)20/h3-9H,2H2,1H3,(H,16,18). The summed E-state index contributed by atoms with van der Waals surface area (Å²) in [6, 6.07) is 9.78. The van der Waals surface area contributed by atoms with Gasteiger partial charge in [0.15, 0.2) is 0 Å². The molecular formula is C14H13N3O4S. The Bertz CT molecular complexity index is 712. The third-order valence-corrected chi connectivity index (χ3v) is 3.55. The van der Waals surface area contributed by atoms with E-state index in [4.69, 9.17) is 4.74 Å². The molecule has 1 heterocycles. The fraction of sp³-hybridized carbons (Fsp3) is 0.143. The molecule has 1 aromatic carbocycles. The zero-order chi connectivity index (χ0) is 15.9. The highest BCUT2D eigenvalue weighted by Gasteiger charge is 2.11. The summed E-state index contributed by atoms with van der Waals surface area (Å²) in [6.45, 7) is 2.28. The molecule has 0 aliphatic carbocycles. The lowest BCUT2D eigenvalue weighted by molar-refractivity contribution is -0.380. The number of rotatable bonds is 6. The second-order valence-electron chi connectivity index (χ2n) is 4.06. The SMILES string of the molecule is CCOc1ccccc1C(=O)NN=Cc1ccc([N+](=O)[O-])s1. The lowest BCUT2D eigenvalue weighted by Gasteiger charge is -2.07. The zero-order valence-corrected chi connectivity index (χ0v) is 12.5. The van der Waals surface area contributed by atoms with E-state index in [-0.39, 0.29) is 5.00 Å². The first-order valence-corrected chi connectivity index (χ1v) is 7.23. The molecule has 0 bridgehead atoms. The van der Waals surface area contributed by atoms with Crippen LogP contribution < -0.4 is 10.2 Å². The highest BCUT2D eigenvalue weighted by molar-refractivity contribution is 7.16. The molecule has 0 saturated carbocycles. The van der Waals surface area contributed by atoms with E-state index in [1.54, 1.807) is 30.3 Å². The van der Waals surface area contributed by atoms with Gasteiger partial charge in [0.25, 0.3) is 5.91 Å². The smallest absolute Gasteiger partial charge is 0.324 e. The molecule has 0 unspecified atom stereocenters. The van der Waals surface area contributed by atoms with Crippen molar-refractivity contribution < 1.29 is 14.5 Å². The molecule has 0 saturated heterocycles. The van der Waals surface area contributed by atoms with Crippen molar-refractivity contribution in [1.29, 1.82) is 0 Å². The van der Waals surface area contributed by atoms with E-state index in [1.807, 2.05) is 6.92 Å². The Balaban J connectivity index is 2.03. The summed E-state index contributed by atoms with van der Waals surface area (Å²) in [7, 11) is 0. The molecule has 0 radical (unpaired) electrons. The van der Waals surface area contributed by atoms with Crippen molar-refractivity contribution in [2.45, 2.75) is 6.92 Å². The molecule has 0 spiro atoms. The molecule has 1 aromatic heterocycles. The topological polar surface area (TPSA) is 93.8 Å². The average molecular weight is 319 g/mol. The number of benzene rings is 1. The van der Waals surface area contributed by atoms with Crippen molar-refractivity contribution in [3.8, 4) is 5.75 Å². The maximum Gasteiger partial charge on any atom is 0.324 e. The lowest BCUT2D eigenvalue weighted by atomic mass is 10.2. The van der Waals surface area contributed by atoms with Crippen LogP contribution in [0.1, 0.15) is 22.2 Å². The van der Waals surface area contributed by atoms with Gasteiger partial charge in [-0.05, 0) is 25.1 Å². The van der Waals surface area contributed by atoms with Crippen molar-refractivity contribution in [3.05, 3.63) is 57.0 Å². The van der Waals surface area contributed by atoms with E-state index in [9.17, 15) is 14.9 Å². The Hall–Kier alpha value is -2.74. The number of hydrogen-bond acceptors (Lipinski definition) is 6. The molecular weight excluding hydrogens is 306 g/mol. The van der Waals surface area contributed by atoms with E-state index in [1.165, 1.54) is 12.3 Å². The summed E-state index contributed by atoms with van der Waals surface area (Å²) < 4.78 is 5.37. The number of hydrogen-bond donors (Lipinski definition) is 1. The minimum Gasteiger partial charge on any atom is -0.493 e. The van der Waals surface area contributed by atoms with Gasteiger partial charge in [-0.15, -0.1) is 0 Å². The van der Waals surface area contributed by atoms with E-state index >= 15 is 0 Å². The van der Waals surface area contributed by atoms with Crippen LogP contribution in [0, 0.1) is 10.1 Å². The van der Waals surface area contributed by atoms with Gasteiger partial charge in [0.05, 0.1) is 28.2 Å². The van der Waals surface area contributed by atoms with Gasteiger partial charge in [-0.25, -0.2) is 5.43 Å². The molecule has 0 aliphatic rings. The van der Waals surface area contributed by atoms with Gasteiger partial charge in [-0.3, -0.25) is 14.9 Å². The molecule has 22 heavy (non-hydrogen) atoms. The number of thiophene rings is 1. The number of carbonyl (C=O) groups is 1. The molecule has 0 atom stereocenters. The van der Waals surface area contributed by atoms with Crippen LogP contribution in [-0.4, -0.2) is 23.7 Å². The first kappa shape index (κ1) is 15.6. The Labute approximate surface area is 130 Å². The van der Waals surface area contributed by atoms with Crippen LogP contribution in [0.5, 0.6) is 5.75 Å². The van der Waals surface area contributed by atoms with Gasteiger partial charge >= 0.3 is 5.00 Å². The van der Waals surface area contributed by atoms with Crippen molar-refractivity contribution in [2.75, 3.05) is 6.61 Å². The van der Waals surface area contributed by atoms with Crippen molar-refractivity contribution in [3.63, 3.8) is 0 Å². The maximum absolute atomic E-state index is 12.0. The summed E-state index contributed by atoms with van der Waals surface area (Å²) in [6.07, 6.45) is 1.36. The second-order valence-corrected chi connectivity index (χ2v) is 5.16. The molecule has 1 N–H and O–H groups in total. The van der Waals surface area contributed by atoms with Crippen LogP contribution in [0.15, 0.2) is 41.5 Å². The van der Waals surface area contributed by atoms with Gasteiger partial charge in [0.2, 0.25) is 0 Å². The number of nitro groups is 1. The number of amides is 1. The summed E-state index contributed by atoms with van der Waals surface area (Å²) in [5.41, 5.74) is 2.75. The van der Waals surface area contributed by atoms with Crippen LogP contribution >= 0.6 is 11.3 Å². The summed E-state index contributed by atoms with van der Waals surface area (Å²) >= 11 is 0.975. The number of para-hydroxylation sites is 1. The van der Waals surface area contributed by atoms with E-state index in [0.717, 1.165) is 11.3 Å². The van der Waals surface area contributed by atoms with E-state index < -0.39 is 10.8 Å². The van der Waals surface area contributed by atoms with Crippen molar-refractivity contribution in [2.24, 2.45) is 5.10 Å². The van der Waals surface area contributed by atoms with Gasteiger partial charge in [0, 0.05) is 6.07 Å². The molecule has 0 aliphatic heterocycles. The number of ether oxygens (including phenoxy) is 1. The molecule has 114 valence electrons. The Morgan fingerprint density at radius 2 is 2.18 bits per heavy atom. The summed E-state index contributed by atoms with van der Waals surface area (Å²) in [4.78, 5) is 22.7. The molecule has 8 heteroatoms. The summed E-state index contributed by atoms with van der Waals surface area (Å²) in [5.74, 6) is 0.0656. The van der Waals surface area contributed by atoms with Gasteiger partial charge in [-0.2, -0.15) is 5.10 Å². The lowest BCUT2D eigenvalue weighted by Crippen LogP contribution is -2.18. The molecule has 2 rings (SSSR count). The fourth-order valence-electron chi connectivity index (χ4n) is 1.66. The van der Waals surface area contributed by atoms with Gasteiger partial charge in [0.1, 0.15) is 5.75 Å². The monoisotopic (exact) mass is 319 g/mol. The number of carbonyl (C=O) groups excluding carboxylic acids is 1. The first-order valence-electron chi connectivity index (χ1n) is 6.41. The van der Waals surface area contributed by atoms with Crippen molar-refractivity contribution >= 4 is 28.5 Å². The zero-order valence-electron chi connectivity index (χ0n) is 11.7. The Morgan fingerprint density at radius 3 is 2.86 bits per heavy atom. The third kappa shape index (κ3) is 3.89. The third-order valence-electron chi connectivity index (χ3n) is 2.58.